The fraction of sp³-hybridized carbons (Fsp3) is 0.348. The zero-order chi connectivity index (χ0) is 20.2. The lowest BCUT2D eigenvalue weighted by Crippen LogP contribution is -2.47. The van der Waals surface area contributed by atoms with Crippen molar-refractivity contribution in [3.63, 3.8) is 0 Å². The van der Waals surface area contributed by atoms with Crippen molar-refractivity contribution in [3.8, 4) is 0 Å². The second-order valence-electron chi connectivity index (χ2n) is 7.75. The zero-order valence-electron chi connectivity index (χ0n) is 17.3. The Kier molecular flexibility index (Phi) is 5.60. The van der Waals surface area contributed by atoms with E-state index in [9.17, 15) is 0 Å². The molecule has 4 rings (SSSR count). The fourth-order valence-electron chi connectivity index (χ4n) is 3.56. The van der Waals surface area contributed by atoms with Gasteiger partial charge in [0.05, 0.1) is 0 Å². The molecule has 0 spiro atoms. The van der Waals surface area contributed by atoms with Crippen molar-refractivity contribution in [1.29, 1.82) is 0 Å². The Balaban J connectivity index is 1.44. The summed E-state index contributed by atoms with van der Waals surface area (Å²) in [5, 5.41) is 3.36. The lowest BCUT2D eigenvalue weighted by atomic mass is 10.0. The third kappa shape index (κ3) is 4.65. The molecule has 0 unspecified atom stereocenters. The Hall–Kier alpha value is -3.15. The Labute approximate surface area is 172 Å². The van der Waals surface area contributed by atoms with E-state index in [0.29, 0.717) is 11.9 Å². The van der Waals surface area contributed by atoms with Gasteiger partial charge in [-0.25, -0.2) is 9.97 Å². The highest BCUT2D eigenvalue weighted by molar-refractivity contribution is 5.56. The highest BCUT2D eigenvalue weighted by Gasteiger charge is 2.19. The molecule has 0 amide bonds. The second kappa shape index (κ2) is 8.47. The average molecular weight is 389 g/mol. The predicted molar refractivity (Wildman–Crippen MR) is 119 cm³/mol. The van der Waals surface area contributed by atoms with Crippen LogP contribution in [0.2, 0.25) is 0 Å². The SMILES string of the molecule is Cc1cc(N2CCN(c3ccccn3)CC2)nc(Nc2ccc(C(C)C)cc2)n1. The van der Waals surface area contributed by atoms with Gasteiger partial charge in [-0.1, -0.05) is 32.0 Å². The van der Waals surface area contributed by atoms with Gasteiger partial charge in [-0.2, -0.15) is 4.98 Å². The minimum atomic E-state index is 0.524. The summed E-state index contributed by atoms with van der Waals surface area (Å²) in [6.45, 7) is 10.1. The van der Waals surface area contributed by atoms with Crippen LogP contribution in [0.4, 0.5) is 23.3 Å². The number of hydrogen-bond donors (Lipinski definition) is 1. The van der Waals surface area contributed by atoms with Gasteiger partial charge in [0.1, 0.15) is 11.6 Å². The molecule has 3 aromatic rings. The van der Waals surface area contributed by atoms with Gasteiger partial charge in [0.2, 0.25) is 5.95 Å². The Bertz CT molecular complexity index is 931. The van der Waals surface area contributed by atoms with Crippen molar-refractivity contribution in [2.24, 2.45) is 0 Å². The molecule has 3 heterocycles. The number of pyridine rings is 1. The molecular formula is C23H28N6. The largest absolute Gasteiger partial charge is 0.353 e. The zero-order valence-corrected chi connectivity index (χ0v) is 17.3. The van der Waals surface area contributed by atoms with Crippen LogP contribution in [0.5, 0.6) is 0 Å². The lowest BCUT2D eigenvalue weighted by Gasteiger charge is -2.36. The normalized spacial score (nSPS) is 14.3. The standard InChI is InChI=1S/C23H28N6/c1-17(2)19-7-9-20(10-8-19)26-23-25-18(3)16-22(27-23)29-14-12-28(13-15-29)21-6-4-5-11-24-21/h4-11,16-17H,12-15H2,1-3H3,(H,25,26,27). The first-order valence-corrected chi connectivity index (χ1v) is 10.2. The highest BCUT2D eigenvalue weighted by atomic mass is 15.3. The van der Waals surface area contributed by atoms with E-state index >= 15 is 0 Å². The van der Waals surface area contributed by atoms with Gasteiger partial charge in [-0.05, 0) is 42.7 Å². The summed E-state index contributed by atoms with van der Waals surface area (Å²) in [5.74, 6) is 3.18. The monoisotopic (exact) mass is 388 g/mol. The molecule has 1 aliphatic rings. The summed E-state index contributed by atoms with van der Waals surface area (Å²) < 4.78 is 0. The maximum absolute atomic E-state index is 4.78. The maximum Gasteiger partial charge on any atom is 0.229 e. The Morgan fingerprint density at radius 1 is 0.862 bits per heavy atom. The van der Waals surface area contributed by atoms with Crippen LogP contribution in [0.25, 0.3) is 0 Å². The van der Waals surface area contributed by atoms with Crippen molar-refractivity contribution in [1.82, 2.24) is 15.0 Å². The molecule has 1 saturated heterocycles. The minimum Gasteiger partial charge on any atom is -0.353 e. The van der Waals surface area contributed by atoms with Gasteiger partial charge in [0.15, 0.2) is 0 Å². The van der Waals surface area contributed by atoms with E-state index in [4.69, 9.17) is 4.98 Å². The van der Waals surface area contributed by atoms with E-state index in [1.165, 1.54) is 5.56 Å². The molecule has 0 bridgehead atoms. The number of hydrogen-bond acceptors (Lipinski definition) is 6. The number of benzene rings is 1. The van der Waals surface area contributed by atoms with E-state index in [2.05, 4.69) is 75.3 Å². The minimum absolute atomic E-state index is 0.524. The van der Waals surface area contributed by atoms with Gasteiger partial charge < -0.3 is 15.1 Å². The van der Waals surface area contributed by atoms with Crippen molar-refractivity contribution >= 4 is 23.3 Å². The van der Waals surface area contributed by atoms with Gasteiger partial charge in [0, 0.05) is 49.8 Å². The fourth-order valence-corrected chi connectivity index (χ4v) is 3.56. The third-order valence-electron chi connectivity index (χ3n) is 5.25. The molecule has 1 fully saturated rings. The summed E-state index contributed by atoms with van der Waals surface area (Å²) in [6, 6.07) is 16.6. The van der Waals surface area contributed by atoms with Crippen LogP contribution in [0.3, 0.4) is 0 Å². The molecule has 0 saturated carbocycles. The molecule has 150 valence electrons. The first-order valence-electron chi connectivity index (χ1n) is 10.2. The van der Waals surface area contributed by atoms with E-state index in [1.807, 2.05) is 25.3 Å². The number of nitrogens with zero attached hydrogens (tertiary/aromatic N) is 5. The molecule has 29 heavy (non-hydrogen) atoms. The molecule has 2 aromatic heterocycles. The molecule has 0 atom stereocenters. The Morgan fingerprint density at radius 2 is 1.55 bits per heavy atom. The summed E-state index contributed by atoms with van der Waals surface area (Å²) in [6.07, 6.45) is 1.85. The van der Waals surface area contributed by atoms with Gasteiger partial charge in [-0.15, -0.1) is 0 Å². The summed E-state index contributed by atoms with van der Waals surface area (Å²) >= 11 is 0. The van der Waals surface area contributed by atoms with Crippen LogP contribution in [-0.4, -0.2) is 41.1 Å². The number of aromatic nitrogens is 3. The first kappa shape index (κ1) is 19.2. The molecule has 1 aromatic carbocycles. The van der Waals surface area contributed by atoms with E-state index in [1.54, 1.807) is 0 Å². The van der Waals surface area contributed by atoms with Crippen LogP contribution in [0.1, 0.15) is 31.0 Å². The van der Waals surface area contributed by atoms with Gasteiger partial charge >= 0.3 is 0 Å². The highest BCUT2D eigenvalue weighted by Crippen LogP contribution is 2.22. The molecule has 1 aliphatic heterocycles. The van der Waals surface area contributed by atoms with E-state index in [0.717, 1.165) is 49.2 Å². The topological polar surface area (TPSA) is 57.2 Å². The first-order chi connectivity index (χ1) is 14.1. The molecule has 6 heteroatoms. The molecule has 1 N–H and O–H groups in total. The van der Waals surface area contributed by atoms with Crippen molar-refractivity contribution < 1.29 is 0 Å². The number of anilines is 4. The smallest absolute Gasteiger partial charge is 0.229 e. The number of nitrogens with one attached hydrogen (secondary N) is 1. The predicted octanol–water partition coefficient (Wildman–Crippen LogP) is 4.37. The van der Waals surface area contributed by atoms with Gasteiger partial charge in [-0.3, -0.25) is 0 Å². The van der Waals surface area contributed by atoms with Crippen molar-refractivity contribution in [2.45, 2.75) is 26.7 Å². The third-order valence-corrected chi connectivity index (χ3v) is 5.25. The van der Waals surface area contributed by atoms with Crippen LogP contribution >= 0.6 is 0 Å². The summed E-state index contributed by atoms with van der Waals surface area (Å²) in [7, 11) is 0. The van der Waals surface area contributed by atoms with Crippen LogP contribution < -0.4 is 15.1 Å². The van der Waals surface area contributed by atoms with Crippen LogP contribution in [-0.2, 0) is 0 Å². The summed E-state index contributed by atoms with van der Waals surface area (Å²) in [5.41, 5.74) is 3.29. The molecular weight excluding hydrogens is 360 g/mol. The van der Waals surface area contributed by atoms with E-state index < -0.39 is 0 Å². The number of aryl methyl sites for hydroxylation is 1. The average Bonchev–Trinajstić information content (AvgIpc) is 2.74. The lowest BCUT2D eigenvalue weighted by molar-refractivity contribution is 0.641. The van der Waals surface area contributed by atoms with Crippen molar-refractivity contribution in [3.05, 3.63) is 66.0 Å². The van der Waals surface area contributed by atoms with Crippen molar-refractivity contribution in [2.75, 3.05) is 41.3 Å². The number of piperazine rings is 1. The molecule has 0 aliphatic carbocycles. The second-order valence-corrected chi connectivity index (χ2v) is 7.75. The Morgan fingerprint density at radius 3 is 2.17 bits per heavy atom. The maximum atomic E-state index is 4.78. The van der Waals surface area contributed by atoms with Crippen LogP contribution in [0, 0.1) is 6.92 Å². The number of rotatable bonds is 5. The van der Waals surface area contributed by atoms with Crippen LogP contribution in [0.15, 0.2) is 54.7 Å². The quantitative estimate of drug-likeness (QED) is 0.700. The molecule has 0 radical (unpaired) electrons. The van der Waals surface area contributed by atoms with E-state index in [-0.39, 0.29) is 0 Å². The molecule has 6 nitrogen and oxygen atoms in total. The summed E-state index contributed by atoms with van der Waals surface area (Å²) in [4.78, 5) is 18.5. The van der Waals surface area contributed by atoms with Gasteiger partial charge in [0.25, 0.3) is 0 Å².